The lowest BCUT2D eigenvalue weighted by atomic mass is 9.77. The summed E-state index contributed by atoms with van der Waals surface area (Å²) in [6.07, 6.45) is 0. The van der Waals surface area contributed by atoms with Gasteiger partial charge in [-0.2, -0.15) is 0 Å². The number of anilines is 1. The summed E-state index contributed by atoms with van der Waals surface area (Å²) in [5.41, 5.74) is 1.86. The molecule has 4 aromatic rings. The number of likely N-dealkylation sites (N-methyl/N-ethyl adjacent to an activating group) is 1. The molecule has 2 unspecified atom stereocenters. The van der Waals surface area contributed by atoms with Crippen LogP contribution in [0.5, 0.6) is 0 Å². The number of carbonyl (C=O) groups excluding carboxylic acids is 3. The Balaban J connectivity index is 1.28. The van der Waals surface area contributed by atoms with E-state index in [2.05, 4.69) is 52.2 Å². The first kappa shape index (κ1) is 37.8. The second kappa shape index (κ2) is 15.2. The first-order valence-electron chi connectivity index (χ1n) is 17.3. The Labute approximate surface area is 318 Å². The molecule has 6 rings (SSSR count). The van der Waals surface area contributed by atoms with Gasteiger partial charge >= 0.3 is 5.97 Å². The molecule has 0 spiro atoms. The van der Waals surface area contributed by atoms with E-state index in [1.807, 2.05) is 75.7 Å². The lowest BCUT2D eigenvalue weighted by Gasteiger charge is -2.50. The van der Waals surface area contributed by atoms with E-state index in [1.54, 1.807) is 26.2 Å². The summed E-state index contributed by atoms with van der Waals surface area (Å²) in [6.45, 7) is 5.92. The van der Waals surface area contributed by atoms with Gasteiger partial charge in [0.25, 0.3) is 11.8 Å². The van der Waals surface area contributed by atoms with E-state index < -0.39 is 35.1 Å². The molecule has 2 N–H and O–H groups in total. The minimum Gasteiger partial charge on any atom is -0.455 e. The van der Waals surface area contributed by atoms with Gasteiger partial charge in [-0.15, -0.1) is 23.1 Å². The predicted octanol–water partition coefficient (Wildman–Crippen LogP) is 5.60. The van der Waals surface area contributed by atoms with Gasteiger partial charge in [0.05, 0.1) is 32.1 Å². The molecule has 2 amide bonds. The van der Waals surface area contributed by atoms with Crippen LogP contribution in [0, 0.1) is 0 Å². The minimum atomic E-state index is -0.877. The fourth-order valence-corrected chi connectivity index (χ4v) is 8.78. The zero-order valence-electron chi connectivity index (χ0n) is 31.0. The molecule has 11 nitrogen and oxygen atoms in total. The van der Waals surface area contributed by atoms with Crippen LogP contribution in [0.1, 0.15) is 43.2 Å². The van der Waals surface area contributed by atoms with Crippen LogP contribution in [-0.2, 0) is 29.5 Å². The summed E-state index contributed by atoms with van der Waals surface area (Å²) in [7, 11) is 7.42. The number of oxime groups is 1. The molecule has 276 valence electrons. The maximum absolute atomic E-state index is 13.9. The molecule has 3 heterocycles. The highest BCUT2D eigenvalue weighted by Gasteiger charge is 2.55. The molecule has 0 aliphatic carbocycles. The number of benzene rings is 3. The van der Waals surface area contributed by atoms with Gasteiger partial charge in [-0.1, -0.05) is 96.2 Å². The monoisotopic (exact) mass is 753 g/mol. The average Bonchev–Trinajstić information content (AvgIpc) is 3.59. The van der Waals surface area contributed by atoms with E-state index in [-0.39, 0.29) is 23.0 Å². The standard InChI is InChI=1S/C40H44N6O5S2/c1-39(2,3)51-37(49)34-31(23-46(4,5)6)52-25-30-33(36(48)45(30)34)42-35(47)32(44-50-7)29-24-53-38(41-29)43-40(26-17-11-8-12-18-26,27-19-13-9-14-20-27)28-21-15-10-16-22-28/h8-22,24,30,33H,23,25H2,1-7H3,(H-,41,42,43,47)/p+1. The number of hydrogen-bond donors (Lipinski definition) is 2. The van der Waals surface area contributed by atoms with Crippen molar-refractivity contribution in [2.45, 2.75) is 44.0 Å². The van der Waals surface area contributed by atoms with Gasteiger partial charge in [-0.25, -0.2) is 9.78 Å². The summed E-state index contributed by atoms with van der Waals surface area (Å²) in [4.78, 5) is 53.4. The number of ether oxygens (including phenoxy) is 1. The quantitative estimate of drug-likeness (QED) is 0.0479. The van der Waals surface area contributed by atoms with Crippen molar-refractivity contribution < 1.29 is 28.4 Å². The van der Waals surface area contributed by atoms with Crippen molar-refractivity contribution in [1.29, 1.82) is 0 Å². The third-order valence-electron chi connectivity index (χ3n) is 8.71. The van der Waals surface area contributed by atoms with Crippen LogP contribution in [0.4, 0.5) is 5.13 Å². The lowest BCUT2D eigenvalue weighted by molar-refractivity contribution is -0.864. The number of esters is 1. The number of carbonyl (C=O) groups is 3. The highest BCUT2D eigenvalue weighted by atomic mass is 32.2. The van der Waals surface area contributed by atoms with Gasteiger partial charge in [-0.05, 0) is 37.5 Å². The van der Waals surface area contributed by atoms with Crippen molar-refractivity contribution >= 4 is 51.7 Å². The zero-order valence-corrected chi connectivity index (χ0v) is 32.6. The van der Waals surface area contributed by atoms with Crippen molar-refractivity contribution in [3.8, 4) is 0 Å². The molecular formula is C40H45N6O5S2+. The number of nitrogens with zero attached hydrogens (tertiary/aromatic N) is 4. The second-order valence-electron chi connectivity index (χ2n) is 14.9. The zero-order chi connectivity index (χ0) is 38.0. The Morgan fingerprint density at radius 1 is 0.925 bits per heavy atom. The van der Waals surface area contributed by atoms with Gasteiger partial charge in [0.15, 0.2) is 10.8 Å². The molecule has 53 heavy (non-hydrogen) atoms. The number of aromatic nitrogens is 1. The lowest BCUT2D eigenvalue weighted by Crippen LogP contribution is -2.73. The SMILES string of the molecule is CON=C(C(=O)NC1C(=O)N2C(C(=O)OC(C)(C)C)=C(C[N+](C)(C)C)SCC12)c1csc(NC(c2ccccc2)(c2ccccc2)c2ccccc2)n1. The largest absolute Gasteiger partial charge is 0.455 e. The van der Waals surface area contributed by atoms with Crippen molar-refractivity contribution in [3.63, 3.8) is 0 Å². The number of fused-ring (bicyclic) bond motifs is 1. The summed E-state index contributed by atoms with van der Waals surface area (Å²) in [5.74, 6) is -1.07. The molecule has 1 aromatic heterocycles. The molecule has 1 fully saturated rings. The molecule has 1 saturated heterocycles. The van der Waals surface area contributed by atoms with Crippen LogP contribution in [0.25, 0.3) is 0 Å². The molecule has 2 aliphatic heterocycles. The van der Waals surface area contributed by atoms with E-state index in [0.29, 0.717) is 21.9 Å². The van der Waals surface area contributed by atoms with Crippen LogP contribution in [0.2, 0.25) is 0 Å². The topological polar surface area (TPSA) is 122 Å². The smallest absolute Gasteiger partial charge is 0.356 e. The van der Waals surface area contributed by atoms with Gasteiger partial charge < -0.3 is 24.7 Å². The Hall–Kier alpha value is -4.98. The van der Waals surface area contributed by atoms with Crippen molar-refractivity contribution in [2.75, 3.05) is 45.9 Å². The van der Waals surface area contributed by atoms with Crippen LogP contribution in [0.15, 0.2) is 112 Å². The summed E-state index contributed by atoms with van der Waals surface area (Å²) >= 11 is 2.84. The maximum Gasteiger partial charge on any atom is 0.356 e. The second-order valence-corrected chi connectivity index (χ2v) is 16.9. The fraction of sp³-hybridized carbons (Fsp3) is 0.325. The minimum absolute atomic E-state index is 0.0788. The number of amides is 2. The van der Waals surface area contributed by atoms with Crippen LogP contribution in [-0.4, -0.2) is 96.1 Å². The van der Waals surface area contributed by atoms with Crippen molar-refractivity contribution in [3.05, 3.63) is 129 Å². The molecule has 0 bridgehead atoms. The highest BCUT2D eigenvalue weighted by molar-refractivity contribution is 8.03. The Kier molecular flexibility index (Phi) is 10.8. The first-order valence-corrected chi connectivity index (χ1v) is 19.1. The number of β-lactam (4-membered cyclic amide) rings is 1. The maximum atomic E-state index is 13.9. The highest BCUT2D eigenvalue weighted by Crippen LogP contribution is 2.42. The van der Waals surface area contributed by atoms with Crippen LogP contribution < -0.4 is 10.6 Å². The molecular weight excluding hydrogens is 709 g/mol. The van der Waals surface area contributed by atoms with Gasteiger partial charge in [0, 0.05) is 11.1 Å². The van der Waals surface area contributed by atoms with E-state index in [9.17, 15) is 14.4 Å². The average molecular weight is 754 g/mol. The molecule has 2 atom stereocenters. The van der Waals surface area contributed by atoms with Crippen LogP contribution in [0.3, 0.4) is 0 Å². The van der Waals surface area contributed by atoms with Crippen molar-refractivity contribution in [1.82, 2.24) is 15.2 Å². The van der Waals surface area contributed by atoms with E-state index >= 15 is 0 Å². The Morgan fingerprint density at radius 3 is 1.96 bits per heavy atom. The Morgan fingerprint density at radius 2 is 1.47 bits per heavy atom. The molecule has 2 aliphatic rings. The molecule has 13 heteroatoms. The Bertz CT molecular complexity index is 1920. The summed E-state index contributed by atoms with van der Waals surface area (Å²) in [5, 5.41) is 12.9. The number of quaternary nitrogens is 1. The summed E-state index contributed by atoms with van der Waals surface area (Å²) < 4.78 is 6.30. The normalized spacial score (nSPS) is 17.8. The number of thiazole rings is 1. The van der Waals surface area contributed by atoms with Gasteiger partial charge in [-0.3, -0.25) is 14.5 Å². The number of hydrogen-bond acceptors (Lipinski definition) is 10. The first-order chi connectivity index (χ1) is 25.2. The fourth-order valence-electron chi connectivity index (χ4n) is 6.51. The van der Waals surface area contributed by atoms with Gasteiger partial charge in [0.2, 0.25) is 0 Å². The number of thioether (sulfide) groups is 1. The predicted molar refractivity (Wildman–Crippen MR) is 209 cm³/mol. The number of nitrogens with one attached hydrogen (secondary N) is 2. The third kappa shape index (κ3) is 8.02. The molecule has 0 radical (unpaired) electrons. The third-order valence-corrected chi connectivity index (χ3v) is 10.6. The van der Waals surface area contributed by atoms with Gasteiger partial charge in [0.1, 0.15) is 42.2 Å². The molecule has 0 saturated carbocycles. The number of rotatable bonds is 12. The van der Waals surface area contributed by atoms with E-state index in [0.717, 1.165) is 21.6 Å². The molecule has 3 aromatic carbocycles. The summed E-state index contributed by atoms with van der Waals surface area (Å²) in [6, 6.07) is 29.1. The van der Waals surface area contributed by atoms with E-state index in [1.165, 1.54) is 35.1 Å². The van der Waals surface area contributed by atoms with E-state index in [4.69, 9.17) is 14.6 Å². The van der Waals surface area contributed by atoms with Crippen LogP contribution >= 0.6 is 23.1 Å². The van der Waals surface area contributed by atoms with Crippen molar-refractivity contribution in [2.24, 2.45) is 5.16 Å².